The van der Waals surface area contributed by atoms with E-state index in [1.54, 1.807) is 24.3 Å². The van der Waals surface area contributed by atoms with Crippen molar-refractivity contribution in [3.63, 3.8) is 0 Å². The molecule has 0 aliphatic heterocycles. The Morgan fingerprint density at radius 2 is 1.63 bits per heavy atom. The average Bonchev–Trinajstić information content (AvgIpc) is 3.18. The van der Waals surface area contributed by atoms with Crippen molar-refractivity contribution in [3.8, 4) is 11.4 Å². The lowest BCUT2D eigenvalue weighted by Crippen LogP contribution is -2.51. The van der Waals surface area contributed by atoms with E-state index in [2.05, 4.69) is 10.3 Å². The number of hydrogen-bond donors (Lipinski definition) is 3. The maximum absolute atomic E-state index is 13.5. The smallest absolute Gasteiger partial charge is 0.335 e. The lowest BCUT2D eigenvalue weighted by molar-refractivity contribution is -0.169. The highest BCUT2D eigenvalue weighted by Gasteiger charge is 2.51. The zero-order chi connectivity index (χ0) is 26.6. The number of nitrogens with one attached hydrogen (secondary N) is 1. The largest absolute Gasteiger partial charge is 0.478 e. The molecule has 0 unspecified atom stereocenters. The van der Waals surface area contributed by atoms with E-state index in [9.17, 15) is 19.9 Å². The molecule has 0 radical (unpaired) electrons. The molecule has 8 nitrogen and oxygen atoms in total. The van der Waals surface area contributed by atoms with Gasteiger partial charge in [-0.1, -0.05) is 35.3 Å². The minimum atomic E-state index is -1.12. The minimum absolute atomic E-state index is 0.0224. The fraction of sp³-hybridized carbons (Fsp3) is 0.393. The molecule has 4 fully saturated rings. The number of rotatable bonds is 7. The van der Waals surface area contributed by atoms with E-state index in [-0.39, 0.29) is 50.7 Å². The molecule has 2 aromatic carbocycles. The SMILES string of the molecule is O=C(O)c1cccc(NC(=O)c2c(COC34CC5CC(CC(C5)C3)C4)nc(-c3c(Cl)cccc3Cl)n2O)c1. The maximum Gasteiger partial charge on any atom is 0.335 e. The lowest BCUT2D eigenvalue weighted by Gasteiger charge is -2.56. The second-order valence-corrected chi connectivity index (χ2v) is 11.7. The van der Waals surface area contributed by atoms with Crippen molar-refractivity contribution >= 4 is 40.8 Å². The Hall–Kier alpha value is -3.07. The number of carbonyl (C=O) groups is 2. The molecule has 3 N–H and O–H groups in total. The summed E-state index contributed by atoms with van der Waals surface area (Å²) in [4.78, 5) is 29.4. The number of aromatic carboxylic acids is 1. The normalized spacial score (nSPS) is 25.5. The van der Waals surface area contributed by atoms with Crippen LogP contribution in [0.2, 0.25) is 10.0 Å². The summed E-state index contributed by atoms with van der Waals surface area (Å²) in [6, 6.07) is 10.8. The van der Waals surface area contributed by atoms with Crippen LogP contribution < -0.4 is 5.32 Å². The monoisotopic (exact) mass is 555 g/mol. The van der Waals surface area contributed by atoms with Crippen molar-refractivity contribution in [1.82, 2.24) is 9.71 Å². The van der Waals surface area contributed by atoms with Crippen molar-refractivity contribution in [3.05, 3.63) is 69.5 Å². The lowest BCUT2D eigenvalue weighted by atomic mass is 9.54. The van der Waals surface area contributed by atoms with Gasteiger partial charge in [-0.05, 0) is 86.6 Å². The van der Waals surface area contributed by atoms with E-state index in [0.29, 0.717) is 28.0 Å². The predicted octanol–water partition coefficient (Wildman–Crippen LogP) is 6.53. The molecule has 0 spiro atoms. The molecule has 0 saturated heterocycles. The zero-order valence-corrected chi connectivity index (χ0v) is 22.0. The van der Waals surface area contributed by atoms with Crippen LogP contribution in [-0.2, 0) is 11.3 Å². The third kappa shape index (κ3) is 4.55. The van der Waals surface area contributed by atoms with Gasteiger partial charge in [0.15, 0.2) is 11.5 Å². The van der Waals surface area contributed by atoms with E-state index in [4.69, 9.17) is 27.9 Å². The first-order valence-electron chi connectivity index (χ1n) is 12.8. The number of halogens is 2. The van der Waals surface area contributed by atoms with E-state index >= 15 is 0 Å². The molecule has 4 bridgehead atoms. The molecule has 10 heteroatoms. The number of benzene rings is 2. The highest BCUT2D eigenvalue weighted by Crippen LogP contribution is 2.57. The van der Waals surface area contributed by atoms with Crippen LogP contribution in [0.1, 0.15) is 65.1 Å². The molecule has 0 atom stereocenters. The number of carboxylic acids is 1. The van der Waals surface area contributed by atoms with Crippen LogP contribution in [0.5, 0.6) is 0 Å². The van der Waals surface area contributed by atoms with E-state index in [0.717, 1.165) is 19.3 Å². The minimum Gasteiger partial charge on any atom is -0.478 e. The van der Waals surface area contributed by atoms with E-state index in [1.807, 2.05) is 0 Å². The first-order chi connectivity index (χ1) is 18.2. The predicted molar refractivity (Wildman–Crippen MR) is 142 cm³/mol. The first kappa shape index (κ1) is 25.2. The highest BCUT2D eigenvalue weighted by molar-refractivity contribution is 6.39. The van der Waals surface area contributed by atoms with Gasteiger partial charge in [0.1, 0.15) is 5.69 Å². The molecule has 1 aromatic heterocycles. The first-order valence-corrected chi connectivity index (χ1v) is 13.5. The number of aromatic nitrogens is 2. The molecule has 198 valence electrons. The molecular formula is C28H27Cl2N3O5. The zero-order valence-electron chi connectivity index (χ0n) is 20.5. The number of amides is 1. The summed E-state index contributed by atoms with van der Waals surface area (Å²) in [6.45, 7) is 0.0344. The van der Waals surface area contributed by atoms with Gasteiger partial charge >= 0.3 is 5.97 Å². The number of carboxylic acid groups (broad SMARTS) is 1. The van der Waals surface area contributed by atoms with E-state index in [1.165, 1.54) is 37.5 Å². The molecule has 38 heavy (non-hydrogen) atoms. The summed E-state index contributed by atoms with van der Waals surface area (Å²) < 4.78 is 7.26. The van der Waals surface area contributed by atoms with Crippen LogP contribution in [0.25, 0.3) is 11.4 Å². The fourth-order valence-corrected chi connectivity index (χ4v) is 7.57. The molecule has 7 rings (SSSR count). The average molecular weight is 556 g/mol. The van der Waals surface area contributed by atoms with Gasteiger partial charge in [-0.3, -0.25) is 4.79 Å². The molecule has 1 heterocycles. The maximum atomic E-state index is 13.5. The molecule has 1 amide bonds. The number of hydrogen-bond acceptors (Lipinski definition) is 5. The van der Waals surface area contributed by atoms with Crippen LogP contribution in [0.4, 0.5) is 5.69 Å². The molecule has 4 aliphatic rings. The Morgan fingerprint density at radius 3 is 2.24 bits per heavy atom. The van der Waals surface area contributed by atoms with Crippen molar-refractivity contribution in [2.75, 3.05) is 5.32 Å². The molecule has 3 aromatic rings. The highest BCUT2D eigenvalue weighted by atomic mass is 35.5. The third-order valence-electron chi connectivity index (χ3n) is 8.19. The van der Waals surface area contributed by atoms with Gasteiger partial charge in [-0.15, -0.1) is 0 Å². The van der Waals surface area contributed by atoms with Crippen molar-refractivity contribution in [2.24, 2.45) is 17.8 Å². The van der Waals surface area contributed by atoms with Gasteiger partial charge in [0.05, 0.1) is 33.4 Å². The summed E-state index contributed by atoms with van der Waals surface area (Å²) in [5.74, 6) is 0.277. The number of carbonyl (C=O) groups excluding carboxylic acids is 1. The van der Waals surface area contributed by atoms with Crippen LogP contribution in [0, 0.1) is 17.8 Å². The van der Waals surface area contributed by atoms with Gasteiger partial charge in [-0.25, -0.2) is 9.78 Å². The molecule has 4 aliphatic carbocycles. The molecule has 4 saturated carbocycles. The van der Waals surface area contributed by atoms with Crippen LogP contribution >= 0.6 is 23.2 Å². The Kier molecular flexibility index (Phi) is 6.37. The van der Waals surface area contributed by atoms with Crippen molar-refractivity contribution in [1.29, 1.82) is 0 Å². The van der Waals surface area contributed by atoms with Gasteiger partial charge in [-0.2, -0.15) is 4.73 Å². The summed E-state index contributed by atoms with van der Waals surface area (Å²) in [6.07, 6.45) is 6.83. The Morgan fingerprint density at radius 1 is 1.03 bits per heavy atom. The van der Waals surface area contributed by atoms with Gasteiger partial charge in [0.2, 0.25) is 0 Å². The number of imidazole rings is 1. The van der Waals surface area contributed by atoms with Crippen molar-refractivity contribution in [2.45, 2.75) is 50.7 Å². The summed E-state index contributed by atoms with van der Waals surface area (Å²) >= 11 is 12.8. The van der Waals surface area contributed by atoms with E-state index < -0.39 is 11.9 Å². The number of anilines is 1. The van der Waals surface area contributed by atoms with Crippen LogP contribution in [0.15, 0.2) is 42.5 Å². The van der Waals surface area contributed by atoms with Gasteiger partial charge < -0.3 is 20.4 Å². The summed E-state index contributed by atoms with van der Waals surface area (Å²) in [5, 5.41) is 23.7. The number of nitrogens with zero attached hydrogens (tertiary/aromatic N) is 2. The molecular weight excluding hydrogens is 529 g/mol. The van der Waals surface area contributed by atoms with Crippen molar-refractivity contribution < 1.29 is 24.6 Å². The van der Waals surface area contributed by atoms with Crippen LogP contribution in [-0.4, -0.2) is 37.5 Å². The topological polar surface area (TPSA) is 114 Å². The third-order valence-corrected chi connectivity index (χ3v) is 8.82. The second-order valence-electron chi connectivity index (χ2n) is 10.9. The van der Waals surface area contributed by atoms with Gasteiger partial charge in [0.25, 0.3) is 5.91 Å². The van der Waals surface area contributed by atoms with Gasteiger partial charge in [0, 0.05) is 5.69 Å². The summed E-state index contributed by atoms with van der Waals surface area (Å²) in [5.41, 5.74) is 0.471. The standard InChI is InChI=1S/C28H27Cl2N3O5/c29-20-5-2-6-21(30)23(20)25-32-22(14-38-28-11-15-7-16(12-28)9-17(8-15)13-28)24(33(25)37)26(34)31-19-4-1-3-18(10-19)27(35)36/h1-6,10,15-17,37H,7-9,11-14H2,(H,31,34)(H,35,36). The summed E-state index contributed by atoms with van der Waals surface area (Å²) in [7, 11) is 0. The Labute approximate surface area is 229 Å². The Bertz CT molecular complexity index is 1380. The second kappa shape index (κ2) is 9.59. The number of ether oxygens (including phenoxy) is 1. The van der Waals surface area contributed by atoms with Crippen LogP contribution in [0.3, 0.4) is 0 Å². The quantitative estimate of drug-likeness (QED) is 0.285. The Balaban J connectivity index is 1.35. The fourth-order valence-electron chi connectivity index (χ4n) is 7.01.